The molecule has 37 heavy (non-hydrogen) atoms. The molecule has 9 nitrogen and oxygen atoms in total. The molecule has 1 aliphatic carbocycles. The van der Waals surface area contributed by atoms with Crippen molar-refractivity contribution in [3.8, 4) is 6.07 Å². The number of benzene rings is 1. The quantitative estimate of drug-likeness (QED) is 0.593. The van der Waals surface area contributed by atoms with Crippen LogP contribution in [0, 0.1) is 22.7 Å². The van der Waals surface area contributed by atoms with Gasteiger partial charge in [-0.1, -0.05) is 6.07 Å². The lowest BCUT2D eigenvalue weighted by Gasteiger charge is -2.38. The molecule has 2 N–H and O–H groups in total. The maximum absolute atomic E-state index is 13.5. The van der Waals surface area contributed by atoms with Crippen molar-refractivity contribution < 1.29 is 13.2 Å². The first-order valence-electron chi connectivity index (χ1n) is 12.8. The van der Waals surface area contributed by atoms with Gasteiger partial charge in [0.25, 0.3) is 5.91 Å². The Morgan fingerprint density at radius 2 is 1.78 bits per heavy atom. The molecule has 0 atom stereocenters. The fourth-order valence-electron chi connectivity index (χ4n) is 5.05. The monoisotopic (exact) mass is 522 g/mol. The minimum Gasteiger partial charge on any atom is -0.356 e. The molecule has 10 heteroatoms. The highest BCUT2D eigenvalue weighted by molar-refractivity contribution is 7.89. The van der Waals surface area contributed by atoms with Crippen LogP contribution < -0.4 is 19.8 Å². The number of piperidine rings is 1. The highest BCUT2D eigenvalue weighted by Crippen LogP contribution is 2.54. The van der Waals surface area contributed by atoms with Gasteiger partial charge in [0.1, 0.15) is 11.6 Å². The van der Waals surface area contributed by atoms with Crippen LogP contribution in [0.1, 0.15) is 56.8 Å². The van der Waals surface area contributed by atoms with E-state index in [0.717, 1.165) is 31.7 Å². The summed E-state index contributed by atoms with van der Waals surface area (Å²) in [6.45, 7) is 8.32. The van der Waals surface area contributed by atoms with Gasteiger partial charge in [-0.2, -0.15) is 5.26 Å². The summed E-state index contributed by atoms with van der Waals surface area (Å²) < 4.78 is 28.2. The molecule has 3 heterocycles. The van der Waals surface area contributed by atoms with Gasteiger partial charge in [-0.3, -0.25) is 4.79 Å². The number of nitriles is 1. The summed E-state index contributed by atoms with van der Waals surface area (Å²) in [6, 6.07) is 12.2. The largest absolute Gasteiger partial charge is 0.356 e. The van der Waals surface area contributed by atoms with Crippen molar-refractivity contribution in [2.75, 3.05) is 41.3 Å². The Labute approximate surface area is 218 Å². The van der Waals surface area contributed by atoms with E-state index in [4.69, 9.17) is 10.2 Å². The van der Waals surface area contributed by atoms with E-state index in [1.54, 1.807) is 39.0 Å². The number of carbonyl (C=O) groups excluding carboxylic acids is 1. The number of rotatable bonds is 6. The van der Waals surface area contributed by atoms with Crippen LogP contribution >= 0.6 is 0 Å². The summed E-state index contributed by atoms with van der Waals surface area (Å²) in [6.07, 6.45) is 4.77. The lowest BCUT2D eigenvalue weighted by atomic mass is 9.93. The minimum absolute atomic E-state index is 0.00858. The Hall–Kier alpha value is -3.16. The Kier molecular flexibility index (Phi) is 6.40. The number of sulfonamides is 1. The summed E-state index contributed by atoms with van der Waals surface area (Å²) >= 11 is 0. The molecule has 3 aliphatic rings. The van der Waals surface area contributed by atoms with Gasteiger partial charge < -0.3 is 15.1 Å². The number of amides is 1. The molecule has 1 saturated carbocycles. The summed E-state index contributed by atoms with van der Waals surface area (Å²) in [5, 5.41) is 12.0. The van der Waals surface area contributed by atoms with Crippen LogP contribution in [0.5, 0.6) is 0 Å². The Balaban J connectivity index is 1.39. The molecule has 5 rings (SSSR count). The van der Waals surface area contributed by atoms with Crippen molar-refractivity contribution in [3.63, 3.8) is 0 Å². The second-order valence-electron chi connectivity index (χ2n) is 11.6. The zero-order valence-electron chi connectivity index (χ0n) is 21.6. The summed E-state index contributed by atoms with van der Waals surface area (Å²) in [5.41, 5.74) is 0.708. The zero-order chi connectivity index (χ0) is 26.4. The number of nitrogens with one attached hydrogen (secondary N) is 2. The van der Waals surface area contributed by atoms with Crippen LogP contribution in [0.4, 0.5) is 17.3 Å². The molecule has 1 amide bonds. The molecule has 1 aromatic carbocycles. The fourth-order valence-corrected chi connectivity index (χ4v) is 6.52. The van der Waals surface area contributed by atoms with E-state index in [0.29, 0.717) is 35.6 Å². The maximum atomic E-state index is 13.5. The smallest absolute Gasteiger partial charge is 0.259 e. The summed E-state index contributed by atoms with van der Waals surface area (Å²) in [5.74, 6) is 1.09. The molecule has 2 aromatic rings. The molecular weight excluding hydrogens is 488 g/mol. The molecule has 2 saturated heterocycles. The van der Waals surface area contributed by atoms with E-state index < -0.39 is 15.6 Å². The average molecular weight is 523 g/mol. The van der Waals surface area contributed by atoms with E-state index in [1.807, 2.05) is 6.07 Å². The fraction of sp³-hybridized carbons (Fsp3) is 0.519. The van der Waals surface area contributed by atoms with Gasteiger partial charge in [0.05, 0.1) is 22.4 Å². The molecule has 0 bridgehead atoms. The Morgan fingerprint density at radius 1 is 1.08 bits per heavy atom. The molecule has 1 spiro atoms. The van der Waals surface area contributed by atoms with Gasteiger partial charge in [-0.15, -0.1) is 0 Å². The number of nitrogens with zero attached hydrogens (tertiary/aromatic N) is 4. The first-order chi connectivity index (χ1) is 17.5. The van der Waals surface area contributed by atoms with Gasteiger partial charge in [-0.25, -0.2) is 18.1 Å². The van der Waals surface area contributed by atoms with E-state index in [-0.39, 0.29) is 16.7 Å². The first kappa shape index (κ1) is 25.5. The van der Waals surface area contributed by atoms with Crippen LogP contribution in [-0.2, 0) is 10.0 Å². The first-order valence-corrected chi connectivity index (χ1v) is 14.3. The topological polar surface area (TPSA) is 118 Å². The molecule has 1 aromatic heterocycles. The number of anilines is 3. The average Bonchev–Trinajstić information content (AvgIpc) is 3.56. The molecular formula is C27H34N6O3S. The van der Waals surface area contributed by atoms with Gasteiger partial charge in [-0.05, 0) is 82.2 Å². The van der Waals surface area contributed by atoms with Crippen molar-refractivity contribution in [3.05, 3.63) is 42.0 Å². The summed E-state index contributed by atoms with van der Waals surface area (Å²) in [7, 11) is -3.74. The maximum Gasteiger partial charge on any atom is 0.259 e. The van der Waals surface area contributed by atoms with Crippen LogP contribution in [-0.4, -0.2) is 51.0 Å². The van der Waals surface area contributed by atoms with Crippen molar-refractivity contribution >= 4 is 33.3 Å². The van der Waals surface area contributed by atoms with Crippen molar-refractivity contribution in [2.45, 2.75) is 56.9 Å². The normalized spacial score (nSPS) is 19.3. The summed E-state index contributed by atoms with van der Waals surface area (Å²) in [4.78, 5) is 22.7. The van der Waals surface area contributed by atoms with E-state index in [9.17, 15) is 13.2 Å². The van der Waals surface area contributed by atoms with Crippen molar-refractivity contribution in [2.24, 2.45) is 11.3 Å². The predicted molar refractivity (Wildman–Crippen MR) is 143 cm³/mol. The molecule has 0 unspecified atom stereocenters. The highest BCUT2D eigenvalue weighted by Gasteiger charge is 2.45. The van der Waals surface area contributed by atoms with E-state index in [1.165, 1.54) is 25.0 Å². The molecule has 2 aliphatic heterocycles. The Bertz CT molecular complexity index is 1340. The number of aromatic nitrogens is 1. The van der Waals surface area contributed by atoms with Crippen molar-refractivity contribution in [1.82, 2.24) is 9.71 Å². The number of hydrogen-bond donors (Lipinski definition) is 2. The second kappa shape index (κ2) is 9.30. The second-order valence-corrected chi connectivity index (χ2v) is 13.3. The third kappa shape index (κ3) is 5.58. The lowest BCUT2D eigenvalue weighted by Crippen LogP contribution is -2.46. The third-order valence-corrected chi connectivity index (χ3v) is 9.17. The van der Waals surface area contributed by atoms with Gasteiger partial charge >= 0.3 is 0 Å². The molecule has 0 radical (unpaired) electrons. The van der Waals surface area contributed by atoms with Crippen LogP contribution in [0.25, 0.3) is 0 Å². The highest BCUT2D eigenvalue weighted by atomic mass is 32.2. The van der Waals surface area contributed by atoms with Crippen molar-refractivity contribution in [1.29, 1.82) is 5.26 Å². The van der Waals surface area contributed by atoms with Crippen LogP contribution in [0.15, 0.2) is 41.3 Å². The van der Waals surface area contributed by atoms with Gasteiger partial charge in [0.15, 0.2) is 0 Å². The molecule has 3 fully saturated rings. The number of carbonyl (C=O) groups is 1. The zero-order valence-corrected chi connectivity index (χ0v) is 22.4. The SMILES string of the molecule is CC(C)(C)NS(=O)(=O)c1cccc(NC(=O)c2ccc(N3CC(C#N)C3)nc2N2CCC3(CC2)CC3)c1. The van der Waals surface area contributed by atoms with E-state index >= 15 is 0 Å². The minimum atomic E-state index is -3.74. The predicted octanol–water partition coefficient (Wildman–Crippen LogP) is 3.75. The third-order valence-electron chi connectivity index (χ3n) is 7.42. The Morgan fingerprint density at radius 3 is 2.41 bits per heavy atom. The van der Waals surface area contributed by atoms with Crippen LogP contribution in [0.2, 0.25) is 0 Å². The molecule has 196 valence electrons. The van der Waals surface area contributed by atoms with Gasteiger partial charge in [0, 0.05) is 37.4 Å². The van der Waals surface area contributed by atoms with Gasteiger partial charge in [0.2, 0.25) is 10.0 Å². The standard InChI is InChI=1S/C27H34N6O3S/c1-26(2,3)31-37(35,36)21-6-4-5-20(15-21)29-25(34)22-7-8-23(33-17-19(16-28)18-33)30-24(22)32-13-11-27(9-10-27)12-14-32/h4-8,15,19,31H,9-14,17-18H2,1-3H3,(H,29,34). The number of hydrogen-bond acceptors (Lipinski definition) is 7. The lowest BCUT2D eigenvalue weighted by molar-refractivity contribution is 0.102. The van der Waals surface area contributed by atoms with Crippen LogP contribution in [0.3, 0.4) is 0 Å². The van der Waals surface area contributed by atoms with E-state index in [2.05, 4.69) is 25.9 Å². The number of pyridine rings is 1.